The van der Waals surface area contributed by atoms with Crippen LogP contribution < -0.4 is 0 Å². The molecule has 1 N–H and O–H groups in total. The van der Waals surface area contributed by atoms with Gasteiger partial charge in [-0.2, -0.15) is 0 Å². The topological polar surface area (TPSA) is 57.2 Å². The van der Waals surface area contributed by atoms with Gasteiger partial charge >= 0.3 is 0 Å². The van der Waals surface area contributed by atoms with Crippen LogP contribution in [-0.4, -0.2) is 50.7 Å². The highest BCUT2D eigenvalue weighted by Gasteiger charge is 2.22. The molecule has 1 saturated carbocycles. The smallest absolute Gasteiger partial charge is 0.286 e. The van der Waals surface area contributed by atoms with E-state index in [0.717, 1.165) is 12.8 Å². The van der Waals surface area contributed by atoms with Crippen molar-refractivity contribution in [2.24, 2.45) is 0 Å². The van der Waals surface area contributed by atoms with Crippen LogP contribution in [0, 0.1) is 0 Å². The fourth-order valence-electron chi connectivity index (χ4n) is 1.69. The van der Waals surface area contributed by atoms with Crippen LogP contribution in [0.2, 0.25) is 0 Å². The van der Waals surface area contributed by atoms with Crippen molar-refractivity contribution >= 4 is 40.0 Å². The first-order valence-corrected chi connectivity index (χ1v) is 10.4. The van der Waals surface area contributed by atoms with E-state index >= 15 is 0 Å². The Morgan fingerprint density at radius 1 is 0.812 bits per heavy atom. The maximum absolute atomic E-state index is 9.37. The Morgan fingerprint density at radius 3 is 1.44 bits per heavy atom. The molecule has 0 aromatic rings. The fourth-order valence-corrected chi connectivity index (χ4v) is 8.90. The highest BCUT2D eigenvalue weighted by atomic mass is 28.4. The van der Waals surface area contributed by atoms with E-state index in [1.54, 1.807) is 0 Å². The molecule has 1 heterocycles. The molecule has 0 aromatic heterocycles. The Morgan fingerprint density at radius 2 is 1.19 bits per heavy atom. The number of aliphatic hydroxyl groups is 1. The van der Waals surface area contributed by atoms with Crippen LogP contribution in [0.4, 0.5) is 0 Å². The minimum absolute atomic E-state index is 0.321. The predicted octanol–water partition coefficient (Wildman–Crippen LogP) is -2.24. The molecule has 2 aliphatic rings. The van der Waals surface area contributed by atoms with Gasteiger partial charge in [-0.25, -0.2) is 0 Å². The van der Waals surface area contributed by atoms with Crippen molar-refractivity contribution in [1.82, 2.24) is 0 Å². The van der Waals surface area contributed by atoms with Gasteiger partial charge in [-0.3, -0.25) is 0 Å². The molecule has 0 amide bonds. The summed E-state index contributed by atoms with van der Waals surface area (Å²) in [5, 5.41) is 9.37. The molecule has 0 aromatic carbocycles. The summed E-state index contributed by atoms with van der Waals surface area (Å²) in [7, 11) is -2.61. The molecule has 0 unspecified atom stereocenters. The van der Waals surface area contributed by atoms with Crippen molar-refractivity contribution in [1.29, 1.82) is 0 Å². The van der Waals surface area contributed by atoms with Crippen LogP contribution in [0.3, 0.4) is 0 Å². The van der Waals surface area contributed by atoms with Gasteiger partial charge in [0.2, 0.25) is 0 Å². The van der Waals surface area contributed by atoms with E-state index in [9.17, 15) is 5.11 Å². The summed E-state index contributed by atoms with van der Waals surface area (Å²) in [5.74, 6) is 0. The van der Waals surface area contributed by atoms with Gasteiger partial charge < -0.3 is 21.6 Å². The summed E-state index contributed by atoms with van der Waals surface area (Å²) in [6, 6.07) is 0. The Balaban J connectivity index is 0.000000160. The lowest BCUT2D eigenvalue weighted by Gasteiger charge is -2.27. The molecule has 2 fully saturated rings. The standard InChI is InChI=1S/C7H14O.H8O4Si4/c1-7(8)5-3-2-4-6-7;1-5-2-7-4-8-3-6-1/h8H,2-6H2,1H3;5-8H2. The van der Waals surface area contributed by atoms with Crippen LogP contribution in [0.15, 0.2) is 0 Å². The van der Waals surface area contributed by atoms with Gasteiger partial charge in [0, 0.05) is 0 Å². The van der Waals surface area contributed by atoms with Crippen molar-refractivity contribution in [2.75, 3.05) is 0 Å². The minimum Gasteiger partial charge on any atom is -0.425 e. The Bertz CT molecular complexity index is 150. The Labute approximate surface area is 106 Å². The van der Waals surface area contributed by atoms with E-state index < -0.39 is 40.0 Å². The van der Waals surface area contributed by atoms with Crippen LogP contribution in [-0.2, 0) is 16.5 Å². The lowest BCUT2D eigenvalue weighted by Crippen LogP contribution is -2.26. The molecule has 0 bridgehead atoms. The third kappa shape index (κ3) is 7.86. The maximum Gasteiger partial charge on any atom is 0.286 e. The quantitative estimate of drug-likeness (QED) is 0.513. The average Bonchev–Trinajstić information content (AvgIpc) is 2.16. The molecule has 9 heteroatoms. The second kappa shape index (κ2) is 8.71. The first kappa shape index (κ1) is 14.7. The Kier molecular flexibility index (Phi) is 8.02. The van der Waals surface area contributed by atoms with Gasteiger partial charge in [-0.15, -0.1) is 0 Å². The van der Waals surface area contributed by atoms with Crippen LogP contribution in [0.5, 0.6) is 0 Å². The summed E-state index contributed by atoms with van der Waals surface area (Å²) in [4.78, 5) is 0. The van der Waals surface area contributed by atoms with Crippen molar-refractivity contribution in [3.8, 4) is 0 Å². The van der Waals surface area contributed by atoms with E-state index in [2.05, 4.69) is 0 Å². The third-order valence-corrected chi connectivity index (χ3v) is 7.93. The van der Waals surface area contributed by atoms with Gasteiger partial charge in [0.05, 0.1) is 5.60 Å². The number of hydrogen-bond acceptors (Lipinski definition) is 5. The first-order valence-electron chi connectivity index (χ1n) is 5.74. The molecule has 0 radical (unpaired) electrons. The number of rotatable bonds is 0. The molecule has 1 aliphatic carbocycles. The van der Waals surface area contributed by atoms with Crippen molar-refractivity contribution in [3.63, 3.8) is 0 Å². The molecule has 16 heavy (non-hydrogen) atoms. The lowest BCUT2D eigenvalue weighted by atomic mass is 9.87. The molecule has 0 atom stereocenters. The minimum atomic E-state index is -0.653. The largest absolute Gasteiger partial charge is 0.425 e. The fraction of sp³-hybridized carbons (Fsp3) is 1.00. The summed E-state index contributed by atoms with van der Waals surface area (Å²) < 4.78 is 20.4. The lowest BCUT2D eigenvalue weighted by molar-refractivity contribution is 0.0225. The van der Waals surface area contributed by atoms with Gasteiger partial charge in [-0.05, 0) is 19.8 Å². The molecule has 1 saturated heterocycles. The SMILES string of the molecule is CC1(O)CCCCC1.O1[SiH2]O[SiH2]O[SiH2]O[SiH2]1. The van der Waals surface area contributed by atoms with E-state index in [1.165, 1.54) is 19.3 Å². The highest BCUT2D eigenvalue weighted by Crippen LogP contribution is 2.26. The van der Waals surface area contributed by atoms with Crippen molar-refractivity contribution < 1.29 is 21.6 Å². The summed E-state index contributed by atoms with van der Waals surface area (Å²) in [6.45, 7) is 1.94. The zero-order valence-electron chi connectivity index (χ0n) is 9.94. The van der Waals surface area contributed by atoms with E-state index in [-0.39, 0.29) is 5.60 Å². The molecular weight excluding hydrogens is 276 g/mol. The van der Waals surface area contributed by atoms with Crippen molar-refractivity contribution in [3.05, 3.63) is 0 Å². The molecule has 1 aliphatic heterocycles. The highest BCUT2D eigenvalue weighted by molar-refractivity contribution is 6.50. The molecule has 0 spiro atoms. The van der Waals surface area contributed by atoms with Gasteiger partial charge in [0.15, 0.2) is 0 Å². The molecular formula is C7H22O5Si4. The van der Waals surface area contributed by atoms with Crippen LogP contribution >= 0.6 is 0 Å². The summed E-state index contributed by atoms with van der Waals surface area (Å²) in [6.07, 6.45) is 5.76. The molecule has 96 valence electrons. The second-order valence-corrected chi connectivity index (χ2v) is 11.8. The third-order valence-electron chi connectivity index (χ3n) is 2.60. The van der Waals surface area contributed by atoms with Crippen LogP contribution in [0.25, 0.3) is 0 Å². The van der Waals surface area contributed by atoms with Gasteiger partial charge in [0.25, 0.3) is 40.0 Å². The van der Waals surface area contributed by atoms with E-state index in [4.69, 9.17) is 16.5 Å². The maximum atomic E-state index is 9.37. The zero-order chi connectivity index (χ0) is 11.7. The van der Waals surface area contributed by atoms with Gasteiger partial charge in [-0.1, -0.05) is 19.3 Å². The number of hydrogen-bond donors (Lipinski definition) is 1. The summed E-state index contributed by atoms with van der Waals surface area (Å²) >= 11 is 0. The molecule has 5 nitrogen and oxygen atoms in total. The van der Waals surface area contributed by atoms with E-state index in [1.807, 2.05) is 6.92 Å². The Hall–Kier alpha value is 0.668. The zero-order valence-corrected chi connectivity index (χ0v) is 15.6. The average molecular weight is 299 g/mol. The summed E-state index contributed by atoms with van der Waals surface area (Å²) in [5.41, 5.74) is -0.321. The second-order valence-electron chi connectivity index (χ2n) is 4.35. The van der Waals surface area contributed by atoms with Gasteiger partial charge in [0.1, 0.15) is 0 Å². The van der Waals surface area contributed by atoms with Crippen LogP contribution in [0.1, 0.15) is 39.0 Å². The normalized spacial score (nSPS) is 31.9. The predicted molar refractivity (Wildman–Crippen MR) is 72.2 cm³/mol. The monoisotopic (exact) mass is 298 g/mol. The first-order chi connectivity index (χ1) is 7.71. The van der Waals surface area contributed by atoms with Crippen molar-refractivity contribution in [2.45, 2.75) is 44.6 Å². The molecule has 2 rings (SSSR count). The van der Waals surface area contributed by atoms with E-state index in [0.29, 0.717) is 0 Å².